The summed E-state index contributed by atoms with van der Waals surface area (Å²) < 4.78 is 0. The number of aliphatic carboxylic acids is 1. The zero-order valence-corrected chi connectivity index (χ0v) is 14.1. The van der Waals surface area contributed by atoms with Gasteiger partial charge in [0.1, 0.15) is 0 Å². The number of piperidine rings is 1. The first kappa shape index (κ1) is 17.3. The molecule has 1 unspecified atom stereocenters. The normalized spacial score (nSPS) is 18.5. The lowest BCUT2D eigenvalue weighted by Crippen LogP contribution is -2.45. The van der Waals surface area contributed by atoms with Gasteiger partial charge in [-0.2, -0.15) is 0 Å². The van der Waals surface area contributed by atoms with Crippen molar-refractivity contribution in [3.05, 3.63) is 34.9 Å². The fourth-order valence-electron chi connectivity index (χ4n) is 3.19. The molecular weight excluding hydrogens is 300 g/mol. The van der Waals surface area contributed by atoms with Gasteiger partial charge in [-0.15, -0.1) is 0 Å². The van der Waals surface area contributed by atoms with Crippen molar-refractivity contribution in [1.82, 2.24) is 9.80 Å². The van der Waals surface area contributed by atoms with Crippen molar-refractivity contribution in [3.63, 3.8) is 0 Å². The number of carbonyl (C=O) groups is 1. The van der Waals surface area contributed by atoms with Crippen molar-refractivity contribution in [2.75, 3.05) is 33.2 Å². The van der Waals surface area contributed by atoms with E-state index in [0.717, 1.165) is 37.5 Å². The van der Waals surface area contributed by atoms with Crippen LogP contribution in [-0.4, -0.2) is 60.1 Å². The number of rotatable bonds is 6. The molecule has 0 bridgehead atoms. The number of carboxylic acids is 1. The molecule has 1 saturated heterocycles. The molecule has 1 atom stereocenters. The van der Waals surface area contributed by atoms with Crippen LogP contribution in [0.1, 0.15) is 31.2 Å². The standard InChI is InChI=1S/C17H25ClN2O2/c1-13(14-4-3-5-15(18)10-14)11-20-8-6-16(7-9-20)19(2)12-17(21)22/h3-5,10,13,16H,6-9,11-12H2,1-2H3,(H,21,22). The molecule has 1 aromatic rings. The predicted molar refractivity (Wildman–Crippen MR) is 89.6 cm³/mol. The second kappa shape index (κ2) is 7.95. The van der Waals surface area contributed by atoms with Crippen molar-refractivity contribution in [2.24, 2.45) is 0 Å². The molecule has 0 spiro atoms. The van der Waals surface area contributed by atoms with Gasteiger partial charge in [0.25, 0.3) is 0 Å². The summed E-state index contributed by atoms with van der Waals surface area (Å²) in [6, 6.07) is 8.46. The average Bonchev–Trinajstić information content (AvgIpc) is 2.47. The Morgan fingerprint density at radius 1 is 1.45 bits per heavy atom. The quantitative estimate of drug-likeness (QED) is 0.874. The summed E-state index contributed by atoms with van der Waals surface area (Å²) in [6.45, 7) is 5.44. The molecule has 1 N–H and O–H groups in total. The molecule has 22 heavy (non-hydrogen) atoms. The Kier molecular flexibility index (Phi) is 6.24. The molecule has 1 fully saturated rings. The minimum Gasteiger partial charge on any atom is -0.480 e. The molecule has 0 amide bonds. The van der Waals surface area contributed by atoms with Gasteiger partial charge in [-0.25, -0.2) is 0 Å². The van der Waals surface area contributed by atoms with Gasteiger partial charge in [-0.1, -0.05) is 30.7 Å². The lowest BCUT2D eigenvalue weighted by molar-refractivity contribution is -0.138. The highest BCUT2D eigenvalue weighted by Gasteiger charge is 2.24. The topological polar surface area (TPSA) is 43.8 Å². The van der Waals surface area contributed by atoms with Crippen LogP contribution in [0.4, 0.5) is 0 Å². The van der Waals surface area contributed by atoms with Crippen LogP contribution in [0.25, 0.3) is 0 Å². The van der Waals surface area contributed by atoms with Gasteiger partial charge in [0.05, 0.1) is 6.54 Å². The number of likely N-dealkylation sites (tertiary alicyclic amines) is 1. The lowest BCUT2D eigenvalue weighted by Gasteiger charge is -2.37. The van der Waals surface area contributed by atoms with Crippen LogP contribution < -0.4 is 0 Å². The Bertz CT molecular complexity index is 501. The number of carboxylic acid groups (broad SMARTS) is 1. The van der Waals surface area contributed by atoms with E-state index in [-0.39, 0.29) is 6.54 Å². The van der Waals surface area contributed by atoms with Gasteiger partial charge >= 0.3 is 5.97 Å². The molecule has 0 aliphatic carbocycles. The molecule has 2 rings (SSSR count). The van der Waals surface area contributed by atoms with Crippen molar-refractivity contribution in [2.45, 2.75) is 31.7 Å². The van der Waals surface area contributed by atoms with Crippen LogP contribution in [0.2, 0.25) is 5.02 Å². The summed E-state index contributed by atoms with van der Waals surface area (Å²) in [5.41, 5.74) is 1.28. The first-order valence-corrected chi connectivity index (χ1v) is 8.23. The van der Waals surface area contributed by atoms with E-state index in [4.69, 9.17) is 16.7 Å². The third kappa shape index (κ3) is 4.97. The fraction of sp³-hybridized carbons (Fsp3) is 0.588. The minimum absolute atomic E-state index is 0.129. The summed E-state index contributed by atoms with van der Waals surface area (Å²) >= 11 is 6.06. The number of likely N-dealkylation sites (N-methyl/N-ethyl adjacent to an activating group) is 1. The van der Waals surface area contributed by atoms with Crippen molar-refractivity contribution >= 4 is 17.6 Å². The zero-order chi connectivity index (χ0) is 16.1. The molecule has 1 heterocycles. The molecule has 0 saturated carbocycles. The first-order chi connectivity index (χ1) is 10.5. The zero-order valence-electron chi connectivity index (χ0n) is 13.3. The maximum absolute atomic E-state index is 10.8. The second-order valence-corrected chi connectivity index (χ2v) is 6.73. The van der Waals surface area contributed by atoms with Crippen molar-refractivity contribution in [3.8, 4) is 0 Å². The molecule has 1 aliphatic heterocycles. The summed E-state index contributed by atoms with van der Waals surface area (Å²) in [5.74, 6) is -0.300. The summed E-state index contributed by atoms with van der Waals surface area (Å²) in [6.07, 6.45) is 2.07. The Balaban J connectivity index is 1.81. The first-order valence-electron chi connectivity index (χ1n) is 7.85. The maximum atomic E-state index is 10.8. The lowest BCUT2D eigenvalue weighted by atomic mass is 9.98. The number of halogens is 1. The minimum atomic E-state index is -0.750. The van der Waals surface area contributed by atoms with Gasteiger partial charge in [-0.3, -0.25) is 9.69 Å². The van der Waals surface area contributed by atoms with Gasteiger partial charge in [0, 0.05) is 17.6 Å². The molecule has 5 heteroatoms. The highest BCUT2D eigenvalue weighted by atomic mass is 35.5. The number of nitrogens with zero attached hydrogens (tertiary/aromatic N) is 2. The van der Waals surface area contributed by atoms with Crippen molar-refractivity contribution in [1.29, 1.82) is 0 Å². The summed E-state index contributed by atoms with van der Waals surface area (Å²) in [4.78, 5) is 15.2. The SMILES string of the molecule is CC(CN1CCC(N(C)CC(=O)O)CC1)c1cccc(Cl)c1. The molecule has 4 nitrogen and oxygen atoms in total. The second-order valence-electron chi connectivity index (χ2n) is 6.30. The molecular formula is C17H25ClN2O2. The molecule has 0 aromatic heterocycles. The maximum Gasteiger partial charge on any atom is 0.317 e. The Morgan fingerprint density at radius 2 is 2.14 bits per heavy atom. The summed E-state index contributed by atoms with van der Waals surface area (Å²) in [7, 11) is 1.91. The van der Waals surface area contributed by atoms with E-state index >= 15 is 0 Å². The van der Waals surface area contributed by atoms with Crippen LogP contribution in [0.3, 0.4) is 0 Å². The third-order valence-corrected chi connectivity index (χ3v) is 4.75. The number of hydrogen-bond acceptors (Lipinski definition) is 3. The van der Waals surface area contributed by atoms with Gasteiger partial charge in [0.2, 0.25) is 0 Å². The van der Waals surface area contributed by atoms with Crippen molar-refractivity contribution < 1.29 is 9.90 Å². The smallest absolute Gasteiger partial charge is 0.317 e. The van der Waals surface area contributed by atoms with E-state index in [0.29, 0.717) is 12.0 Å². The van der Waals surface area contributed by atoms with Crippen LogP contribution in [-0.2, 0) is 4.79 Å². The number of hydrogen-bond donors (Lipinski definition) is 1. The van der Waals surface area contributed by atoms with E-state index in [1.165, 1.54) is 5.56 Å². The fourth-order valence-corrected chi connectivity index (χ4v) is 3.39. The molecule has 1 aromatic carbocycles. The predicted octanol–water partition coefficient (Wildman–Crippen LogP) is 2.92. The van der Waals surface area contributed by atoms with E-state index in [1.54, 1.807) is 0 Å². The van der Waals surface area contributed by atoms with Crippen LogP contribution >= 0.6 is 11.6 Å². The van der Waals surface area contributed by atoms with Gasteiger partial charge in [-0.05, 0) is 56.6 Å². The average molecular weight is 325 g/mol. The van der Waals surface area contributed by atoms with Crippen LogP contribution in [0, 0.1) is 0 Å². The summed E-state index contributed by atoms with van der Waals surface area (Å²) in [5, 5.41) is 9.66. The molecule has 1 aliphatic rings. The highest BCUT2D eigenvalue weighted by molar-refractivity contribution is 6.30. The Morgan fingerprint density at radius 3 is 2.73 bits per heavy atom. The van der Waals surface area contributed by atoms with E-state index < -0.39 is 5.97 Å². The monoisotopic (exact) mass is 324 g/mol. The Hall–Kier alpha value is -1.10. The largest absolute Gasteiger partial charge is 0.480 e. The van der Waals surface area contributed by atoms with E-state index in [1.807, 2.05) is 30.1 Å². The van der Waals surface area contributed by atoms with Gasteiger partial charge in [0.15, 0.2) is 0 Å². The number of benzene rings is 1. The molecule has 122 valence electrons. The van der Waals surface area contributed by atoms with Crippen LogP contribution in [0.5, 0.6) is 0 Å². The third-order valence-electron chi connectivity index (χ3n) is 4.51. The van der Waals surface area contributed by atoms with E-state index in [2.05, 4.69) is 17.9 Å². The van der Waals surface area contributed by atoms with Crippen LogP contribution in [0.15, 0.2) is 24.3 Å². The molecule has 0 radical (unpaired) electrons. The van der Waals surface area contributed by atoms with Gasteiger partial charge < -0.3 is 10.0 Å². The van der Waals surface area contributed by atoms with E-state index in [9.17, 15) is 4.79 Å². The Labute approximate surface area is 137 Å². The highest BCUT2D eigenvalue weighted by Crippen LogP contribution is 2.23.